The molecule has 0 saturated heterocycles. The predicted octanol–water partition coefficient (Wildman–Crippen LogP) is 4.34. The zero-order valence-electron chi connectivity index (χ0n) is 13.0. The Hall–Kier alpha value is -1.73. The zero-order valence-corrected chi connectivity index (χ0v) is 13.8. The van der Waals surface area contributed by atoms with Crippen LogP contribution in [0.25, 0.3) is 0 Å². The monoisotopic (exact) mass is 314 g/mol. The highest BCUT2D eigenvalue weighted by Crippen LogP contribution is 2.35. The summed E-state index contributed by atoms with van der Waals surface area (Å²) < 4.78 is 0. The molecule has 1 heterocycles. The minimum absolute atomic E-state index is 0.00362. The van der Waals surface area contributed by atoms with Crippen molar-refractivity contribution in [1.82, 2.24) is 5.32 Å². The number of rotatable bonds is 7. The molecule has 1 aromatic rings. The first-order valence-corrected chi connectivity index (χ1v) is 8.86. The summed E-state index contributed by atoms with van der Waals surface area (Å²) >= 11 is 1.61. The number of thioether (sulfide) groups is 1. The fourth-order valence-corrected chi connectivity index (χ4v) is 3.69. The molecular formula is C18H22N2OS. The lowest BCUT2D eigenvalue weighted by molar-refractivity contribution is -0.120. The molecule has 0 unspecified atom stereocenters. The third-order valence-electron chi connectivity index (χ3n) is 3.80. The average molecular weight is 314 g/mol. The Bertz CT molecular complexity index is 574. The van der Waals surface area contributed by atoms with Gasteiger partial charge >= 0.3 is 0 Å². The molecule has 1 aliphatic rings. The molecule has 1 N–H and O–H groups in total. The number of hydrogen-bond donors (Lipinski definition) is 1. The van der Waals surface area contributed by atoms with Gasteiger partial charge in [-0.3, -0.25) is 4.79 Å². The van der Waals surface area contributed by atoms with E-state index < -0.39 is 0 Å². The van der Waals surface area contributed by atoms with E-state index in [1.54, 1.807) is 11.8 Å². The van der Waals surface area contributed by atoms with E-state index in [9.17, 15) is 10.1 Å². The largest absolute Gasteiger partial charge is 0.320 e. The molecule has 4 heteroatoms. The third-order valence-corrected chi connectivity index (χ3v) is 4.91. The van der Waals surface area contributed by atoms with Gasteiger partial charge in [0.2, 0.25) is 5.91 Å². The van der Waals surface area contributed by atoms with Gasteiger partial charge in [0, 0.05) is 12.3 Å². The lowest BCUT2D eigenvalue weighted by Crippen LogP contribution is -2.30. The highest BCUT2D eigenvalue weighted by Gasteiger charge is 2.29. The predicted molar refractivity (Wildman–Crippen MR) is 91.2 cm³/mol. The molecular weight excluding hydrogens is 292 g/mol. The quantitative estimate of drug-likeness (QED) is 0.762. The first kappa shape index (κ1) is 16.6. The maximum atomic E-state index is 12.0. The number of carbonyl (C=O) groups excluding carboxylic acids is 1. The first-order chi connectivity index (χ1) is 10.8. The van der Waals surface area contributed by atoms with Crippen LogP contribution in [-0.2, 0) is 4.79 Å². The van der Waals surface area contributed by atoms with Crippen LogP contribution in [-0.4, -0.2) is 11.7 Å². The van der Waals surface area contributed by atoms with Gasteiger partial charge in [-0.15, -0.1) is 11.8 Å². The third kappa shape index (κ3) is 4.38. The molecule has 1 aromatic carbocycles. The van der Waals surface area contributed by atoms with Crippen molar-refractivity contribution in [2.24, 2.45) is 0 Å². The van der Waals surface area contributed by atoms with E-state index in [4.69, 9.17) is 0 Å². The van der Waals surface area contributed by atoms with Gasteiger partial charge in [-0.2, -0.15) is 5.26 Å². The number of nitrogens with one attached hydrogen (secondary N) is 1. The van der Waals surface area contributed by atoms with Crippen molar-refractivity contribution in [3.63, 3.8) is 0 Å². The van der Waals surface area contributed by atoms with Crippen LogP contribution in [0.15, 0.2) is 40.9 Å². The summed E-state index contributed by atoms with van der Waals surface area (Å²) in [6.07, 6.45) is 5.13. The first-order valence-electron chi connectivity index (χ1n) is 7.88. The summed E-state index contributed by atoms with van der Waals surface area (Å²) in [5.41, 5.74) is 1.74. The normalized spacial score (nSPS) is 18.0. The second-order valence-electron chi connectivity index (χ2n) is 5.48. The van der Waals surface area contributed by atoms with Gasteiger partial charge in [0.15, 0.2) is 0 Å². The molecule has 1 amide bonds. The molecule has 116 valence electrons. The number of allylic oxidation sites excluding steroid dienone is 1. The van der Waals surface area contributed by atoms with E-state index in [-0.39, 0.29) is 11.8 Å². The molecule has 1 aliphatic heterocycles. The highest BCUT2D eigenvalue weighted by molar-refractivity contribution is 8.03. The molecule has 3 nitrogen and oxygen atoms in total. The molecule has 0 radical (unpaired) electrons. The van der Waals surface area contributed by atoms with Crippen LogP contribution in [0, 0.1) is 11.3 Å². The van der Waals surface area contributed by atoms with E-state index in [1.165, 1.54) is 19.3 Å². The second-order valence-corrected chi connectivity index (χ2v) is 6.58. The summed E-state index contributed by atoms with van der Waals surface area (Å²) in [5.74, 6) is 0.837. The Labute approximate surface area is 136 Å². The van der Waals surface area contributed by atoms with Crippen molar-refractivity contribution < 1.29 is 4.79 Å². The van der Waals surface area contributed by atoms with E-state index in [1.807, 2.05) is 30.3 Å². The number of hydrogen-bond acceptors (Lipinski definition) is 3. The molecule has 0 saturated carbocycles. The SMILES string of the molecule is CCCCCCSC1=C(C#N)[C@@H](c2ccccc2)CC(=O)N1. The smallest absolute Gasteiger partial charge is 0.225 e. The number of carbonyl (C=O) groups is 1. The van der Waals surface area contributed by atoms with E-state index in [2.05, 4.69) is 18.3 Å². The van der Waals surface area contributed by atoms with Gasteiger partial charge in [0.25, 0.3) is 0 Å². The fourth-order valence-electron chi connectivity index (χ4n) is 2.61. The van der Waals surface area contributed by atoms with Crippen molar-refractivity contribution in [1.29, 1.82) is 5.26 Å². The number of benzene rings is 1. The lowest BCUT2D eigenvalue weighted by atomic mass is 9.87. The summed E-state index contributed by atoms with van der Waals surface area (Å²) in [6, 6.07) is 12.2. The highest BCUT2D eigenvalue weighted by atomic mass is 32.2. The number of unbranched alkanes of at least 4 members (excludes halogenated alkanes) is 3. The van der Waals surface area contributed by atoms with E-state index >= 15 is 0 Å². The van der Waals surface area contributed by atoms with Gasteiger partial charge < -0.3 is 5.32 Å². The van der Waals surface area contributed by atoms with Gasteiger partial charge in [-0.1, -0.05) is 56.5 Å². The molecule has 22 heavy (non-hydrogen) atoms. The molecule has 2 rings (SSSR count). The maximum absolute atomic E-state index is 12.0. The molecule has 1 atom stereocenters. The van der Waals surface area contributed by atoms with Gasteiger partial charge in [0.05, 0.1) is 16.7 Å². The van der Waals surface area contributed by atoms with Crippen molar-refractivity contribution in [3.05, 3.63) is 46.5 Å². The summed E-state index contributed by atoms with van der Waals surface area (Å²) in [6.45, 7) is 2.19. The molecule has 0 aliphatic carbocycles. The van der Waals surface area contributed by atoms with Crippen molar-refractivity contribution >= 4 is 17.7 Å². The Kier molecular flexibility index (Phi) is 6.54. The lowest BCUT2D eigenvalue weighted by Gasteiger charge is -2.25. The van der Waals surface area contributed by atoms with Crippen molar-refractivity contribution in [2.45, 2.75) is 44.9 Å². The van der Waals surface area contributed by atoms with Crippen LogP contribution in [0.4, 0.5) is 0 Å². The Morgan fingerprint density at radius 1 is 1.27 bits per heavy atom. The Morgan fingerprint density at radius 3 is 2.73 bits per heavy atom. The van der Waals surface area contributed by atoms with Crippen LogP contribution in [0.5, 0.6) is 0 Å². The standard InChI is InChI=1S/C18H22N2OS/c1-2-3-4-8-11-22-18-16(13-19)15(12-17(21)20-18)14-9-6-5-7-10-14/h5-7,9-10,15H,2-4,8,11-12H2,1H3,(H,20,21)/t15-/m1/s1. The van der Waals surface area contributed by atoms with Crippen molar-refractivity contribution in [3.8, 4) is 6.07 Å². The number of amides is 1. The topological polar surface area (TPSA) is 52.9 Å². The number of nitrogens with zero attached hydrogens (tertiary/aromatic N) is 1. The summed E-state index contributed by atoms with van der Waals surface area (Å²) in [4.78, 5) is 12.0. The summed E-state index contributed by atoms with van der Waals surface area (Å²) in [5, 5.41) is 13.2. The van der Waals surface area contributed by atoms with E-state index in [0.29, 0.717) is 12.0 Å². The van der Waals surface area contributed by atoms with Crippen molar-refractivity contribution in [2.75, 3.05) is 5.75 Å². The second kappa shape index (κ2) is 8.65. The van der Waals surface area contributed by atoms with Crippen LogP contribution in [0.3, 0.4) is 0 Å². The minimum atomic E-state index is -0.113. The maximum Gasteiger partial charge on any atom is 0.225 e. The fraction of sp³-hybridized carbons (Fsp3) is 0.444. The molecule has 0 fully saturated rings. The summed E-state index contributed by atoms with van der Waals surface area (Å²) in [7, 11) is 0. The average Bonchev–Trinajstić information content (AvgIpc) is 2.55. The van der Waals surface area contributed by atoms with Gasteiger partial charge in [-0.05, 0) is 17.7 Å². The van der Waals surface area contributed by atoms with Gasteiger partial charge in [-0.25, -0.2) is 0 Å². The number of nitriles is 1. The van der Waals surface area contributed by atoms with Crippen LogP contribution < -0.4 is 5.32 Å². The minimum Gasteiger partial charge on any atom is -0.320 e. The Balaban J connectivity index is 2.12. The molecule has 0 bridgehead atoms. The molecule has 0 spiro atoms. The Morgan fingerprint density at radius 2 is 2.05 bits per heavy atom. The van der Waals surface area contributed by atoms with Gasteiger partial charge in [0.1, 0.15) is 0 Å². The zero-order chi connectivity index (χ0) is 15.8. The van der Waals surface area contributed by atoms with Crippen LogP contribution >= 0.6 is 11.8 Å². The van der Waals surface area contributed by atoms with Crippen LogP contribution in [0.2, 0.25) is 0 Å². The van der Waals surface area contributed by atoms with E-state index in [0.717, 1.165) is 22.8 Å². The molecule has 0 aromatic heterocycles. The van der Waals surface area contributed by atoms with Crippen LogP contribution in [0.1, 0.15) is 50.5 Å².